The Morgan fingerprint density at radius 2 is 2.12 bits per heavy atom. The van der Waals surface area contributed by atoms with Gasteiger partial charge in [0.05, 0.1) is 5.56 Å². The number of allylic oxidation sites excluding steroid dienone is 2. The number of nitrogens with two attached hydrogens (primary N) is 2. The number of nitrogens with one attached hydrogen (secondary N) is 1. The summed E-state index contributed by atoms with van der Waals surface area (Å²) in [6.07, 6.45) is 8.41. The lowest BCUT2D eigenvalue weighted by molar-refractivity contribution is 0.102. The lowest BCUT2D eigenvalue weighted by Gasteiger charge is -2.35. The average Bonchev–Trinajstić information content (AvgIpc) is 3.45. The summed E-state index contributed by atoms with van der Waals surface area (Å²) in [4.78, 5) is 29.5. The van der Waals surface area contributed by atoms with E-state index in [1.54, 1.807) is 0 Å². The molecule has 2 aliphatic heterocycles. The van der Waals surface area contributed by atoms with Crippen molar-refractivity contribution < 1.29 is 9.53 Å². The number of nitrogens with zero attached hydrogens (tertiary/aromatic N) is 5. The Hall–Kier alpha value is -3.20. The van der Waals surface area contributed by atoms with Crippen LogP contribution in [0.25, 0.3) is 0 Å². The molecule has 10 nitrogen and oxygen atoms in total. The number of ether oxygens (including phenoxy) is 1. The fourth-order valence-corrected chi connectivity index (χ4v) is 7.98. The molecule has 0 radical (unpaired) electrons. The molecular weight excluding hydrogens is 548 g/mol. The minimum Gasteiger partial charge on any atom is -0.462 e. The minimum absolute atomic E-state index is 0.151. The number of aryl methyl sites for hydroxylation is 1. The third kappa shape index (κ3) is 5.60. The molecule has 4 aliphatic rings. The molecule has 4 heterocycles. The van der Waals surface area contributed by atoms with Crippen molar-refractivity contribution in [1.82, 2.24) is 20.2 Å². The van der Waals surface area contributed by atoms with Crippen LogP contribution in [-0.2, 0) is 6.42 Å². The number of hydrogen-bond donors (Lipinski definition) is 3. The first-order valence-corrected chi connectivity index (χ1v) is 16.2. The Bertz CT molecular complexity index is 1420. The maximum atomic E-state index is 14.3. The van der Waals surface area contributed by atoms with Gasteiger partial charge in [-0.2, -0.15) is 15.2 Å². The largest absolute Gasteiger partial charge is 0.462 e. The molecule has 2 atom stereocenters. The van der Waals surface area contributed by atoms with Crippen molar-refractivity contribution in [3.05, 3.63) is 39.0 Å². The second kappa shape index (κ2) is 11.8. The van der Waals surface area contributed by atoms with Crippen molar-refractivity contribution >= 4 is 27.9 Å². The number of ketones is 1. The first-order valence-electron chi connectivity index (χ1n) is 15.4. The van der Waals surface area contributed by atoms with Crippen LogP contribution in [0.4, 0.5) is 10.8 Å². The van der Waals surface area contributed by atoms with Gasteiger partial charge < -0.3 is 31.3 Å². The summed E-state index contributed by atoms with van der Waals surface area (Å²) < 4.78 is 6.19. The Kier molecular flexibility index (Phi) is 8.13. The van der Waals surface area contributed by atoms with E-state index in [1.807, 2.05) is 13.0 Å². The summed E-state index contributed by atoms with van der Waals surface area (Å²) in [5, 5.41) is 14.1. The zero-order valence-electron chi connectivity index (χ0n) is 24.7. The number of nitrogen functional groups attached to an aromatic ring is 1. The van der Waals surface area contributed by atoms with Crippen molar-refractivity contribution in [2.75, 3.05) is 50.5 Å². The summed E-state index contributed by atoms with van der Waals surface area (Å²) in [6, 6.07) is 4.66. The summed E-state index contributed by atoms with van der Waals surface area (Å²) in [5.41, 5.74) is 16.1. The highest BCUT2D eigenvalue weighted by atomic mass is 32.1. The van der Waals surface area contributed by atoms with E-state index >= 15 is 0 Å². The van der Waals surface area contributed by atoms with E-state index in [0.29, 0.717) is 46.6 Å². The highest BCUT2D eigenvalue weighted by Gasteiger charge is 2.46. The number of carbonyl (C=O) groups excluding carboxylic acids is 1. The molecule has 0 unspecified atom stereocenters. The van der Waals surface area contributed by atoms with Crippen LogP contribution < -0.4 is 26.4 Å². The molecular formula is C31H42N8O2S. The highest BCUT2D eigenvalue weighted by molar-refractivity contribution is 7.16. The molecule has 0 bridgehead atoms. The molecule has 5 N–H and O–H groups in total. The molecule has 1 spiro atoms. The van der Waals surface area contributed by atoms with Crippen molar-refractivity contribution in [1.29, 1.82) is 5.26 Å². The molecule has 3 fully saturated rings. The number of fused-ring (bicyclic) bond motifs is 1. The number of anilines is 2. The first kappa shape index (κ1) is 28.9. The van der Waals surface area contributed by atoms with Crippen LogP contribution in [0.15, 0.2) is 17.3 Å². The molecule has 1 saturated carbocycles. The molecule has 6 rings (SSSR count). The van der Waals surface area contributed by atoms with Crippen molar-refractivity contribution in [3.63, 3.8) is 0 Å². The third-order valence-corrected chi connectivity index (χ3v) is 10.6. The second-order valence-corrected chi connectivity index (χ2v) is 13.5. The van der Waals surface area contributed by atoms with E-state index < -0.39 is 0 Å². The predicted molar refractivity (Wildman–Crippen MR) is 165 cm³/mol. The van der Waals surface area contributed by atoms with Gasteiger partial charge in [0.2, 0.25) is 5.78 Å². The van der Waals surface area contributed by atoms with Crippen LogP contribution in [0.5, 0.6) is 6.01 Å². The number of aromatic nitrogens is 2. The third-order valence-electron chi connectivity index (χ3n) is 9.46. The fourth-order valence-electron chi connectivity index (χ4n) is 6.86. The van der Waals surface area contributed by atoms with Crippen LogP contribution in [0.3, 0.4) is 0 Å². The number of piperazine rings is 1. The number of carbonyl (C=O) groups is 1. The highest BCUT2D eigenvalue weighted by Crippen LogP contribution is 2.45. The molecule has 42 heavy (non-hydrogen) atoms. The number of Topliss-reactive ketones (excluding diaryl/α,β-unsaturated/α-hetero) is 1. The van der Waals surface area contributed by atoms with Gasteiger partial charge in [0.1, 0.15) is 29.2 Å². The maximum Gasteiger partial charge on any atom is 0.319 e. The predicted octanol–water partition coefficient (Wildman–Crippen LogP) is 3.72. The van der Waals surface area contributed by atoms with Crippen LogP contribution in [0, 0.1) is 11.3 Å². The lowest BCUT2D eigenvalue weighted by atomic mass is 9.80. The Morgan fingerprint density at radius 3 is 2.83 bits per heavy atom. The zero-order valence-corrected chi connectivity index (χ0v) is 25.6. The van der Waals surface area contributed by atoms with E-state index in [0.717, 1.165) is 93.8 Å². The van der Waals surface area contributed by atoms with E-state index in [-0.39, 0.29) is 23.3 Å². The molecule has 2 aliphatic carbocycles. The van der Waals surface area contributed by atoms with Crippen molar-refractivity contribution in [3.8, 4) is 12.1 Å². The summed E-state index contributed by atoms with van der Waals surface area (Å²) >= 11 is 1.47. The molecule has 11 heteroatoms. The maximum absolute atomic E-state index is 14.3. The quantitative estimate of drug-likeness (QED) is 0.292. The van der Waals surface area contributed by atoms with Crippen LogP contribution >= 0.6 is 11.3 Å². The van der Waals surface area contributed by atoms with Gasteiger partial charge in [-0.3, -0.25) is 4.79 Å². The number of nitriles is 1. The topological polar surface area (TPSA) is 146 Å². The number of hydrogen-bond acceptors (Lipinski definition) is 11. The van der Waals surface area contributed by atoms with Crippen molar-refractivity contribution in [2.24, 2.45) is 5.73 Å². The summed E-state index contributed by atoms with van der Waals surface area (Å²) in [6.45, 7) is 6.11. The second-order valence-electron chi connectivity index (χ2n) is 12.4. The van der Waals surface area contributed by atoms with Crippen molar-refractivity contribution in [2.45, 2.75) is 82.2 Å². The number of likely N-dealkylation sites (tertiary alicyclic amines) is 1. The smallest absolute Gasteiger partial charge is 0.319 e. The monoisotopic (exact) mass is 590 g/mol. The Balaban J connectivity index is 1.36. The van der Waals surface area contributed by atoms with Crippen LogP contribution in [0.2, 0.25) is 0 Å². The van der Waals surface area contributed by atoms with Gasteiger partial charge in [-0.05, 0) is 70.5 Å². The van der Waals surface area contributed by atoms with E-state index in [2.05, 4.69) is 33.2 Å². The molecule has 0 aromatic carbocycles. The van der Waals surface area contributed by atoms with Gasteiger partial charge in [-0.1, -0.05) is 13.3 Å². The normalized spacial score (nSPS) is 23.8. The van der Waals surface area contributed by atoms with Crippen LogP contribution in [0.1, 0.15) is 90.7 Å². The number of likely N-dealkylation sites (N-methyl/N-ethyl adjacent to an activating group) is 1. The fraction of sp³-hybridized carbons (Fsp3) is 0.613. The van der Waals surface area contributed by atoms with Gasteiger partial charge in [0.15, 0.2) is 0 Å². The van der Waals surface area contributed by atoms with E-state index in [1.165, 1.54) is 11.3 Å². The van der Waals surface area contributed by atoms with Gasteiger partial charge in [-0.15, -0.1) is 11.3 Å². The lowest BCUT2D eigenvalue weighted by Crippen LogP contribution is -2.52. The molecule has 2 aromatic rings. The summed E-state index contributed by atoms with van der Waals surface area (Å²) in [7, 11) is 2.11. The molecule has 2 saturated heterocycles. The minimum atomic E-state index is -0.208. The molecule has 0 amide bonds. The zero-order chi connectivity index (χ0) is 29.4. The SMILES string of the molecule is CCCC(C(=O)c1cc(N2CCNC3(CC3)C2)nc(OC[C@@H]2CCCN2C)n1)=C(N)[C@H]1CCCc2sc(N)c(C#N)c21. The van der Waals surface area contributed by atoms with E-state index in [9.17, 15) is 10.1 Å². The summed E-state index contributed by atoms with van der Waals surface area (Å²) in [5.74, 6) is 0.328. The standard InChI is InChI=1S/C31H42N8O2S/c1-3-6-21(27(33)20-8-4-9-24-26(20)22(16-32)29(34)42-24)28(40)23-15-25(39-14-12-35-31(18-39)10-11-31)37-30(36-23)41-17-19-7-5-13-38(19)2/h15,19-20,35H,3-14,17-18,33-34H2,1-2H3/t19-,20-/m0/s1. The first-order chi connectivity index (χ1) is 20.3. The molecule has 2 aromatic heterocycles. The van der Waals surface area contributed by atoms with Gasteiger partial charge in [-0.25, -0.2) is 0 Å². The Morgan fingerprint density at radius 1 is 1.29 bits per heavy atom. The van der Waals surface area contributed by atoms with Gasteiger partial charge in [0, 0.05) is 59.3 Å². The van der Waals surface area contributed by atoms with Gasteiger partial charge >= 0.3 is 6.01 Å². The Labute approximate surface area is 252 Å². The average molecular weight is 591 g/mol. The van der Waals surface area contributed by atoms with E-state index in [4.69, 9.17) is 21.2 Å². The van der Waals surface area contributed by atoms with Gasteiger partial charge in [0.25, 0.3) is 0 Å². The number of thiophene rings is 1. The molecule has 224 valence electrons. The number of rotatable bonds is 9. The van der Waals surface area contributed by atoms with Crippen LogP contribution in [-0.4, -0.2) is 72.1 Å².